The molecule has 1 heterocycles. The van der Waals surface area contributed by atoms with Crippen LogP contribution < -0.4 is 5.73 Å². The summed E-state index contributed by atoms with van der Waals surface area (Å²) in [6.07, 6.45) is -5.30. The largest absolute Gasteiger partial charge is 0.451 e. The first-order valence-electron chi connectivity index (χ1n) is 4.78. The molecule has 0 amide bonds. The Kier molecular flexibility index (Phi) is 2.64. The Morgan fingerprint density at radius 3 is 2.67 bits per heavy atom. The van der Waals surface area contributed by atoms with Gasteiger partial charge in [-0.2, -0.15) is 17.9 Å². The molecular weight excluding hydrogens is 251 g/mol. The maximum atomic E-state index is 12.5. The number of hydrogen-bond donors (Lipinski definition) is 1. The van der Waals surface area contributed by atoms with Crippen LogP contribution in [0.25, 0.3) is 10.9 Å². The number of rotatable bonds is 0. The van der Waals surface area contributed by atoms with Crippen molar-refractivity contribution in [1.29, 1.82) is 0 Å². The molecule has 0 saturated heterocycles. The Balaban J connectivity index is 2.66. The fourth-order valence-corrected chi connectivity index (χ4v) is 1.54. The van der Waals surface area contributed by atoms with Gasteiger partial charge in [-0.1, -0.05) is 0 Å². The van der Waals surface area contributed by atoms with E-state index in [1.54, 1.807) is 0 Å². The van der Waals surface area contributed by atoms with Crippen molar-refractivity contribution in [3.63, 3.8) is 0 Å². The third-order valence-corrected chi connectivity index (χ3v) is 2.38. The molecule has 0 aliphatic rings. The van der Waals surface area contributed by atoms with Crippen LogP contribution in [0.15, 0.2) is 18.2 Å². The zero-order valence-electron chi connectivity index (χ0n) is 9.15. The van der Waals surface area contributed by atoms with Gasteiger partial charge in [0.2, 0.25) is 0 Å². The van der Waals surface area contributed by atoms with Gasteiger partial charge in [0.1, 0.15) is 0 Å². The van der Waals surface area contributed by atoms with Crippen LogP contribution in [-0.4, -0.2) is 23.0 Å². The first kappa shape index (κ1) is 12.2. The summed E-state index contributed by atoms with van der Waals surface area (Å²) in [5.41, 5.74) is 4.78. The number of alkyl halides is 3. The second kappa shape index (κ2) is 3.90. The first-order valence-corrected chi connectivity index (χ1v) is 4.78. The fourth-order valence-electron chi connectivity index (χ4n) is 1.54. The molecule has 96 valence electrons. The highest BCUT2D eigenvalue weighted by Gasteiger charge is 2.31. The average Bonchev–Trinajstić information content (AvgIpc) is 2.64. The van der Waals surface area contributed by atoms with Crippen molar-refractivity contribution in [2.45, 2.75) is 6.18 Å². The summed E-state index contributed by atoms with van der Waals surface area (Å²) in [6.45, 7) is 0. The van der Waals surface area contributed by atoms with Gasteiger partial charge < -0.3 is 10.5 Å². The van der Waals surface area contributed by atoms with Crippen molar-refractivity contribution < 1.29 is 22.7 Å². The minimum absolute atomic E-state index is 0.0511. The van der Waals surface area contributed by atoms with Gasteiger partial charge in [0, 0.05) is 5.39 Å². The van der Waals surface area contributed by atoms with Crippen molar-refractivity contribution in [1.82, 2.24) is 9.78 Å². The third kappa shape index (κ3) is 1.85. The van der Waals surface area contributed by atoms with E-state index in [2.05, 4.69) is 9.84 Å². The topological polar surface area (TPSA) is 70.1 Å². The Labute approximate surface area is 98.9 Å². The van der Waals surface area contributed by atoms with Crippen LogP contribution in [0.5, 0.6) is 0 Å². The van der Waals surface area contributed by atoms with Crippen LogP contribution in [0.3, 0.4) is 0 Å². The van der Waals surface area contributed by atoms with Crippen LogP contribution in [-0.2, 0) is 10.9 Å². The maximum absolute atomic E-state index is 12.5. The number of carbonyl (C=O) groups is 1. The highest BCUT2D eigenvalue weighted by atomic mass is 19.4. The zero-order chi connectivity index (χ0) is 13.5. The van der Waals surface area contributed by atoms with Crippen molar-refractivity contribution in [2.75, 3.05) is 12.8 Å². The van der Waals surface area contributed by atoms with Gasteiger partial charge in [-0.3, -0.25) is 0 Å². The Bertz CT molecular complexity index is 619. The molecule has 0 aliphatic heterocycles. The number of benzene rings is 1. The fraction of sp³-hybridized carbons (Fsp3) is 0.200. The van der Waals surface area contributed by atoms with Crippen LogP contribution in [0.4, 0.5) is 23.8 Å². The van der Waals surface area contributed by atoms with Gasteiger partial charge in [0.05, 0.1) is 18.2 Å². The van der Waals surface area contributed by atoms with E-state index in [4.69, 9.17) is 5.73 Å². The molecule has 8 heteroatoms. The number of nitrogen functional groups attached to an aromatic ring is 1. The van der Waals surface area contributed by atoms with Crippen LogP contribution in [0, 0.1) is 0 Å². The average molecular weight is 259 g/mol. The van der Waals surface area contributed by atoms with Gasteiger partial charge in [-0.15, -0.1) is 5.10 Å². The highest BCUT2D eigenvalue weighted by Crippen LogP contribution is 2.32. The van der Waals surface area contributed by atoms with Gasteiger partial charge in [-0.25, -0.2) is 4.79 Å². The van der Waals surface area contributed by atoms with E-state index in [0.29, 0.717) is 0 Å². The molecule has 1 aromatic heterocycles. The van der Waals surface area contributed by atoms with E-state index >= 15 is 0 Å². The minimum atomic E-state index is -4.48. The maximum Gasteiger partial charge on any atom is 0.435 e. The summed E-state index contributed by atoms with van der Waals surface area (Å²) in [6, 6.07) is 2.82. The molecule has 0 unspecified atom stereocenters. The molecule has 0 spiro atoms. The van der Waals surface area contributed by atoms with Gasteiger partial charge in [0.15, 0.2) is 5.82 Å². The number of carbonyl (C=O) groups excluding carboxylic acids is 1. The monoisotopic (exact) mass is 259 g/mol. The van der Waals surface area contributed by atoms with E-state index in [0.717, 1.165) is 30.0 Å². The smallest absolute Gasteiger partial charge is 0.435 e. The van der Waals surface area contributed by atoms with E-state index in [-0.39, 0.29) is 16.7 Å². The van der Waals surface area contributed by atoms with Gasteiger partial charge >= 0.3 is 12.3 Å². The molecule has 5 nitrogen and oxygen atoms in total. The van der Waals surface area contributed by atoms with Crippen LogP contribution >= 0.6 is 0 Å². The molecule has 18 heavy (non-hydrogen) atoms. The van der Waals surface area contributed by atoms with E-state index in [9.17, 15) is 18.0 Å². The van der Waals surface area contributed by atoms with Crippen molar-refractivity contribution in [3.8, 4) is 0 Å². The lowest BCUT2D eigenvalue weighted by Gasteiger charge is -2.06. The molecule has 2 N–H and O–H groups in total. The van der Waals surface area contributed by atoms with E-state index < -0.39 is 17.8 Å². The lowest BCUT2D eigenvalue weighted by atomic mass is 10.1. The number of nitrogens with two attached hydrogens (primary N) is 1. The van der Waals surface area contributed by atoms with Crippen molar-refractivity contribution in [2.24, 2.45) is 0 Å². The Morgan fingerprint density at radius 2 is 2.11 bits per heavy atom. The summed E-state index contributed by atoms with van der Waals surface area (Å²) in [4.78, 5) is 11.3. The predicted molar refractivity (Wildman–Crippen MR) is 57.0 cm³/mol. The molecular formula is C10H8F3N3O2. The number of aromatic nitrogens is 2. The molecule has 0 fully saturated rings. The van der Waals surface area contributed by atoms with E-state index in [1.807, 2.05) is 0 Å². The standard InChI is InChI=1S/C10H8F3N3O2/c1-18-9(17)16-7-3-2-5(10(11,12)13)4-6(7)8(14)15-16/h2-4H,1H3,(H2,14,15). The van der Waals surface area contributed by atoms with Crippen LogP contribution in [0.2, 0.25) is 0 Å². The van der Waals surface area contributed by atoms with Crippen LogP contribution in [0.1, 0.15) is 5.56 Å². The number of ether oxygens (including phenoxy) is 1. The quantitative estimate of drug-likeness (QED) is 0.787. The molecule has 0 radical (unpaired) electrons. The number of hydrogen-bond acceptors (Lipinski definition) is 4. The second-order valence-corrected chi connectivity index (χ2v) is 3.50. The lowest BCUT2D eigenvalue weighted by molar-refractivity contribution is -0.137. The number of anilines is 1. The second-order valence-electron chi connectivity index (χ2n) is 3.50. The first-order chi connectivity index (χ1) is 8.34. The highest BCUT2D eigenvalue weighted by molar-refractivity contribution is 5.95. The molecule has 0 bridgehead atoms. The zero-order valence-corrected chi connectivity index (χ0v) is 9.15. The third-order valence-electron chi connectivity index (χ3n) is 2.38. The molecule has 1 aromatic carbocycles. The predicted octanol–water partition coefficient (Wildman–Crippen LogP) is 2.25. The SMILES string of the molecule is COC(=O)n1nc(N)c2cc(C(F)(F)F)ccc21. The molecule has 2 aromatic rings. The summed E-state index contributed by atoms with van der Waals surface area (Å²) in [5.74, 6) is -0.165. The van der Waals surface area contributed by atoms with Crippen molar-refractivity contribution >= 4 is 22.8 Å². The lowest BCUT2D eigenvalue weighted by Crippen LogP contribution is -2.13. The molecule has 0 saturated carbocycles. The van der Waals surface area contributed by atoms with Gasteiger partial charge in [-0.05, 0) is 18.2 Å². The normalized spacial score (nSPS) is 11.8. The molecule has 0 atom stereocenters. The Hall–Kier alpha value is -2.25. The van der Waals surface area contributed by atoms with Crippen molar-refractivity contribution in [3.05, 3.63) is 23.8 Å². The Morgan fingerprint density at radius 1 is 1.44 bits per heavy atom. The van der Waals surface area contributed by atoms with Gasteiger partial charge in [0.25, 0.3) is 0 Å². The number of fused-ring (bicyclic) bond motifs is 1. The molecule has 0 aliphatic carbocycles. The number of halogens is 3. The summed E-state index contributed by atoms with van der Waals surface area (Å²) in [5, 5.41) is 3.69. The van der Waals surface area contributed by atoms with E-state index in [1.165, 1.54) is 0 Å². The number of nitrogens with zero attached hydrogens (tertiary/aromatic N) is 2. The summed E-state index contributed by atoms with van der Waals surface area (Å²) >= 11 is 0. The molecule has 2 rings (SSSR count). The summed E-state index contributed by atoms with van der Waals surface area (Å²) in [7, 11) is 1.14. The number of methoxy groups -OCH3 is 1. The minimum Gasteiger partial charge on any atom is -0.451 e. The summed E-state index contributed by atoms with van der Waals surface area (Å²) < 4.78 is 42.8.